The van der Waals surface area contributed by atoms with E-state index >= 15 is 0 Å². The number of amides is 2. The topological polar surface area (TPSA) is 71.8 Å². The normalized spacial score (nSPS) is 14.5. The molecule has 2 amide bonds. The molecule has 3 heterocycles. The number of thiophene rings is 1. The lowest BCUT2D eigenvalue weighted by Crippen LogP contribution is -2.41. The van der Waals surface area contributed by atoms with Crippen molar-refractivity contribution in [1.29, 1.82) is 0 Å². The van der Waals surface area contributed by atoms with Gasteiger partial charge in [0.1, 0.15) is 11.9 Å². The van der Waals surface area contributed by atoms with Gasteiger partial charge >= 0.3 is 0 Å². The summed E-state index contributed by atoms with van der Waals surface area (Å²) in [6, 6.07) is 13.0. The van der Waals surface area contributed by atoms with E-state index in [2.05, 4.69) is 30.4 Å². The minimum Gasteiger partial charge on any atom is -0.490 e. The molecule has 1 aliphatic heterocycles. The van der Waals surface area contributed by atoms with Crippen molar-refractivity contribution in [1.82, 2.24) is 4.90 Å². The summed E-state index contributed by atoms with van der Waals surface area (Å²) in [5, 5.41) is 3.38. The van der Waals surface area contributed by atoms with Gasteiger partial charge in [0.05, 0.1) is 16.1 Å². The van der Waals surface area contributed by atoms with Crippen LogP contribution in [0, 0.1) is 13.8 Å². The minimum absolute atomic E-state index is 0.0105. The molecule has 3 aromatic rings. The number of hydrogen-bond acceptors (Lipinski definition) is 5. The second-order valence-corrected chi connectivity index (χ2v) is 8.56. The number of ether oxygens (including phenoxy) is 1. The number of anilines is 1. The van der Waals surface area contributed by atoms with E-state index in [9.17, 15) is 9.59 Å². The van der Waals surface area contributed by atoms with E-state index in [1.807, 2.05) is 11.8 Å². The highest BCUT2D eigenvalue weighted by Gasteiger charge is 2.26. The molecule has 0 spiro atoms. The minimum atomic E-state index is -0.328. The van der Waals surface area contributed by atoms with Crippen molar-refractivity contribution in [2.24, 2.45) is 0 Å². The summed E-state index contributed by atoms with van der Waals surface area (Å²) in [6.45, 7) is 5.41. The van der Waals surface area contributed by atoms with E-state index in [0.717, 1.165) is 24.2 Å². The molecule has 0 atom stereocenters. The van der Waals surface area contributed by atoms with Gasteiger partial charge in [0, 0.05) is 25.9 Å². The van der Waals surface area contributed by atoms with E-state index in [-0.39, 0.29) is 23.7 Å². The number of hydrogen-bond donors (Lipinski definition) is 1. The van der Waals surface area contributed by atoms with Crippen molar-refractivity contribution >= 4 is 28.2 Å². The Bertz CT molecular complexity index is 1030. The maximum atomic E-state index is 12.9. The molecule has 0 radical (unpaired) electrons. The van der Waals surface area contributed by atoms with Crippen LogP contribution in [0.3, 0.4) is 0 Å². The third-order valence-corrected chi connectivity index (χ3v) is 6.15. The maximum absolute atomic E-state index is 12.9. The predicted molar refractivity (Wildman–Crippen MR) is 116 cm³/mol. The number of piperidine rings is 1. The molecular formula is C23H24N2O4S. The van der Waals surface area contributed by atoms with Gasteiger partial charge < -0.3 is 19.4 Å². The number of aryl methyl sites for hydroxylation is 2. The number of carbonyl (C=O) groups is 2. The Morgan fingerprint density at radius 2 is 1.93 bits per heavy atom. The van der Waals surface area contributed by atoms with E-state index in [1.165, 1.54) is 23.2 Å². The van der Waals surface area contributed by atoms with Crippen molar-refractivity contribution in [3.63, 3.8) is 0 Å². The van der Waals surface area contributed by atoms with Crippen LogP contribution < -0.4 is 10.1 Å². The molecule has 30 heavy (non-hydrogen) atoms. The lowest BCUT2D eigenvalue weighted by molar-refractivity contribution is 0.0598. The number of nitrogens with zero attached hydrogens (tertiary/aromatic N) is 1. The Morgan fingerprint density at radius 1 is 1.13 bits per heavy atom. The van der Waals surface area contributed by atoms with Crippen LogP contribution >= 0.6 is 11.3 Å². The molecule has 1 saturated heterocycles. The summed E-state index contributed by atoms with van der Waals surface area (Å²) < 4.78 is 11.3. The molecule has 0 aliphatic carbocycles. The Kier molecular flexibility index (Phi) is 5.90. The van der Waals surface area contributed by atoms with Crippen molar-refractivity contribution < 1.29 is 18.7 Å². The fourth-order valence-electron chi connectivity index (χ4n) is 3.45. The predicted octanol–water partition coefficient (Wildman–Crippen LogP) is 4.89. The SMILES string of the molecule is Cc1ccc(C)c(OC2CCN(C(=O)c3ccc(NC(=O)c4ccco4)s3)CC2)c1. The van der Waals surface area contributed by atoms with Gasteiger partial charge in [-0.3, -0.25) is 9.59 Å². The number of likely N-dealkylation sites (tertiary alicyclic amines) is 1. The zero-order valence-electron chi connectivity index (χ0n) is 17.0. The molecule has 156 valence electrons. The smallest absolute Gasteiger partial charge is 0.291 e. The largest absolute Gasteiger partial charge is 0.490 e. The second kappa shape index (κ2) is 8.75. The molecule has 0 bridgehead atoms. The first-order valence-corrected chi connectivity index (χ1v) is 10.8. The Balaban J connectivity index is 1.32. The highest BCUT2D eigenvalue weighted by atomic mass is 32.1. The average molecular weight is 425 g/mol. The molecule has 2 aromatic heterocycles. The molecule has 6 nitrogen and oxygen atoms in total. The first-order chi connectivity index (χ1) is 14.5. The summed E-state index contributed by atoms with van der Waals surface area (Å²) in [6.07, 6.45) is 3.16. The van der Waals surface area contributed by atoms with Crippen LogP contribution in [0.5, 0.6) is 5.75 Å². The standard InChI is InChI=1S/C23H24N2O4S/c1-15-5-6-16(2)19(14-15)29-17-9-11-25(12-10-17)23(27)20-7-8-21(30-20)24-22(26)18-4-3-13-28-18/h3-8,13-14,17H,9-12H2,1-2H3,(H,24,26). The lowest BCUT2D eigenvalue weighted by atomic mass is 10.1. The molecule has 0 saturated carbocycles. The third-order valence-electron chi connectivity index (χ3n) is 5.16. The molecular weight excluding hydrogens is 400 g/mol. The molecule has 1 fully saturated rings. The van der Waals surface area contributed by atoms with Crippen LogP contribution in [-0.4, -0.2) is 35.9 Å². The summed E-state index contributed by atoms with van der Waals surface area (Å²) in [5.41, 5.74) is 2.30. The highest BCUT2D eigenvalue weighted by molar-refractivity contribution is 7.18. The van der Waals surface area contributed by atoms with Gasteiger partial charge in [0.25, 0.3) is 11.8 Å². The van der Waals surface area contributed by atoms with E-state index in [1.54, 1.807) is 24.3 Å². The van der Waals surface area contributed by atoms with Gasteiger partial charge in [-0.2, -0.15) is 0 Å². The van der Waals surface area contributed by atoms with Crippen LogP contribution in [-0.2, 0) is 0 Å². The third kappa shape index (κ3) is 4.57. The fourth-order valence-corrected chi connectivity index (χ4v) is 4.32. The number of rotatable bonds is 5. The van der Waals surface area contributed by atoms with E-state index in [4.69, 9.17) is 9.15 Å². The number of carbonyl (C=O) groups excluding carboxylic acids is 2. The van der Waals surface area contributed by atoms with Gasteiger partial charge in [-0.15, -0.1) is 11.3 Å². The number of benzene rings is 1. The molecule has 1 aliphatic rings. The van der Waals surface area contributed by atoms with Crippen LogP contribution in [0.25, 0.3) is 0 Å². The summed E-state index contributed by atoms with van der Waals surface area (Å²) in [7, 11) is 0. The quantitative estimate of drug-likeness (QED) is 0.633. The fraction of sp³-hybridized carbons (Fsp3) is 0.304. The molecule has 4 rings (SSSR count). The zero-order chi connectivity index (χ0) is 21.1. The number of nitrogens with one attached hydrogen (secondary N) is 1. The van der Waals surface area contributed by atoms with Crippen molar-refractivity contribution in [3.8, 4) is 5.75 Å². The Hall–Kier alpha value is -3.06. The second-order valence-electron chi connectivity index (χ2n) is 7.47. The summed E-state index contributed by atoms with van der Waals surface area (Å²) >= 11 is 1.27. The van der Waals surface area contributed by atoms with Gasteiger partial charge in [0.15, 0.2) is 5.76 Å². The summed E-state index contributed by atoms with van der Waals surface area (Å²) in [4.78, 5) is 27.4. The van der Waals surface area contributed by atoms with Crippen LogP contribution in [0.4, 0.5) is 5.00 Å². The summed E-state index contributed by atoms with van der Waals surface area (Å²) in [5.74, 6) is 0.825. The first-order valence-electron chi connectivity index (χ1n) is 9.97. The van der Waals surface area contributed by atoms with Gasteiger partial charge in [-0.1, -0.05) is 12.1 Å². The first kappa shape index (κ1) is 20.2. The van der Waals surface area contributed by atoms with Gasteiger partial charge in [-0.25, -0.2) is 0 Å². The van der Waals surface area contributed by atoms with E-state index in [0.29, 0.717) is 23.0 Å². The molecule has 7 heteroatoms. The number of furan rings is 1. The highest BCUT2D eigenvalue weighted by Crippen LogP contribution is 2.27. The van der Waals surface area contributed by atoms with E-state index < -0.39 is 0 Å². The molecule has 1 N–H and O–H groups in total. The van der Waals surface area contributed by atoms with Gasteiger partial charge in [0.2, 0.25) is 0 Å². The van der Waals surface area contributed by atoms with Gasteiger partial charge in [-0.05, 0) is 55.3 Å². The zero-order valence-corrected chi connectivity index (χ0v) is 17.8. The van der Waals surface area contributed by atoms with Crippen LogP contribution in [0.2, 0.25) is 0 Å². The Labute approximate surface area is 179 Å². The van der Waals surface area contributed by atoms with Crippen LogP contribution in [0.15, 0.2) is 53.1 Å². The average Bonchev–Trinajstić information content (AvgIpc) is 3.43. The Morgan fingerprint density at radius 3 is 2.67 bits per heavy atom. The lowest BCUT2D eigenvalue weighted by Gasteiger charge is -2.32. The van der Waals surface area contributed by atoms with Crippen LogP contribution in [0.1, 0.15) is 44.2 Å². The maximum Gasteiger partial charge on any atom is 0.291 e. The van der Waals surface area contributed by atoms with Crippen molar-refractivity contribution in [2.75, 3.05) is 18.4 Å². The van der Waals surface area contributed by atoms with Crippen molar-refractivity contribution in [2.45, 2.75) is 32.8 Å². The molecule has 1 aromatic carbocycles. The van der Waals surface area contributed by atoms with Crippen molar-refractivity contribution in [3.05, 3.63) is 70.5 Å². The monoisotopic (exact) mass is 424 g/mol. The molecule has 0 unspecified atom stereocenters.